The highest BCUT2D eigenvalue weighted by molar-refractivity contribution is 7.89. The van der Waals surface area contributed by atoms with Crippen molar-refractivity contribution in [2.24, 2.45) is 5.14 Å². The number of terminal acetylenes is 1. The van der Waals surface area contributed by atoms with Gasteiger partial charge in [0.2, 0.25) is 10.0 Å². The molecular weight excluding hydrogens is 255 g/mol. The molecule has 0 unspecified atom stereocenters. The third-order valence-corrected chi connectivity index (χ3v) is 3.24. The zero-order chi connectivity index (χ0) is 13.6. The van der Waals surface area contributed by atoms with Crippen molar-refractivity contribution in [1.29, 1.82) is 0 Å². The fraction of sp³-hybridized carbons (Fsp3) is 0.333. The molecular formula is C12H15FN2O2S. The molecule has 0 saturated heterocycles. The van der Waals surface area contributed by atoms with Gasteiger partial charge in [-0.1, -0.05) is 0 Å². The Morgan fingerprint density at radius 2 is 2.11 bits per heavy atom. The van der Waals surface area contributed by atoms with Gasteiger partial charge < -0.3 is 5.32 Å². The van der Waals surface area contributed by atoms with Crippen LogP contribution in [0.3, 0.4) is 0 Å². The summed E-state index contributed by atoms with van der Waals surface area (Å²) in [5.74, 6) is 1.88. The Balaban J connectivity index is 2.61. The number of sulfonamides is 1. The summed E-state index contributed by atoms with van der Waals surface area (Å²) in [7, 11) is -3.86. The van der Waals surface area contributed by atoms with Crippen LogP contribution >= 0.6 is 0 Å². The van der Waals surface area contributed by atoms with Crippen LogP contribution in [-0.4, -0.2) is 15.0 Å². The normalized spacial score (nSPS) is 10.9. The van der Waals surface area contributed by atoms with Crippen LogP contribution in [0.4, 0.5) is 10.1 Å². The summed E-state index contributed by atoms with van der Waals surface area (Å²) in [6.45, 7) is 0.577. The number of halogens is 1. The average Bonchev–Trinajstić information content (AvgIpc) is 2.29. The van der Waals surface area contributed by atoms with Gasteiger partial charge in [-0.15, -0.1) is 12.3 Å². The fourth-order valence-electron chi connectivity index (χ4n) is 1.39. The first-order valence-corrected chi connectivity index (χ1v) is 6.99. The van der Waals surface area contributed by atoms with Crippen LogP contribution in [0.5, 0.6) is 0 Å². The topological polar surface area (TPSA) is 72.2 Å². The second kappa shape index (κ2) is 6.38. The van der Waals surface area contributed by atoms with Crippen LogP contribution in [0.25, 0.3) is 0 Å². The molecule has 1 aromatic carbocycles. The molecule has 0 spiro atoms. The van der Waals surface area contributed by atoms with Crippen molar-refractivity contribution in [1.82, 2.24) is 0 Å². The summed E-state index contributed by atoms with van der Waals surface area (Å²) in [5.41, 5.74) is 0.253. The number of benzene rings is 1. The van der Waals surface area contributed by atoms with Gasteiger partial charge in [0.15, 0.2) is 0 Å². The van der Waals surface area contributed by atoms with Crippen LogP contribution in [-0.2, 0) is 10.0 Å². The second-order valence-electron chi connectivity index (χ2n) is 3.77. The molecule has 0 fully saturated rings. The molecule has 1 rings (SSSR count). The molecule has 98 valence electrons. The summed E-state index contributed by atoms with van der Waals surface area (Å²) in [4.78, 5) is -0.238. The molecule has 0 atom stereocenters. The molecule has 0 aliphatic carbocycles. The first-order chi connectivity index (χ1) is 8.45. The van der Waals surface area contributed by atoms with E-state index >= 15 is 0 Å². The minimum absolute atomic E-state index is 0.238. The van der Waals surface area contributed by atoms with Gasteiger partial charge in [0.1, 0.15) is 5.82 Å². The van der Waals surface area contributed by atoms with Crippen molar-refractivity contribution in [3.05, 3.63) is 24.0 Å². The van der Waals surface area contributed by atoms with Crippen molar-refractivity contribution in [2.75, 3.05) is 11.9 Å². The zero-order valence-corrected chi connectivity index (χ0v) is 10.6. The minimum atomic E-state index is -3.86. The SMILES string of the molecule is C#CCCCCNc1ccc(S(N)(=O)=O)cc1F. The molecule has 1 aromatic rings. The Morgan fingerprint density at radius 1 is 1.39 bits per heavy atom. The Bertz CT molecular complexity index is 550. The summed E-state index contributed by atoms with van der Waals surface area (Å²) in [6, 6.07) is 3.53. The van der Waals surface area contributed by atoms with E-state index in [-0.39, 0.29) is 10.6 Å². The van der Waals surface area contributed by atoms with Gasteiger partial charge in [0.25, 0.3) is 0 Å². The molecule has 0 radical (unpaired) electrons. The molecule has 0 aromatic heterocycles. The third-order valence-electron chi connectivity index (χ3n) is 2.33. The lowest BCUT2D eigenvalue weighted by molar-refractivity contribution is 0.592. The monoisotopic (exact) mass is 270 g/mol. The lowest BCUT2D eigenvalue weighted by Gasteiger charge is -2.08. The van der Waals surface area contributed by atoms with Gasteiger partial charge >= 0.3 is 0 Å². The number of hydrogen-bond acceptors (Lipinski definition) is 3. The number of hydrogen-bond donors (Lipinski definition) is 2. The van der Waals surface area contributed by atoms with Crippen molar-refractivity contribution < 1.29 is 12.8 Å². The van der Waals surface area contributed by atoms with E-state index in [4.69, 9.17) is 11.6 Å². The van der Waals surface area contributed by atoms with Gasteiger partial charge in [-0.3, -0.25) is 0 Å². The Morgan fingerprint density at radius 3 is 2.67 bits per heavy atom. The van der Waals surface area contributed by atoms with Crippen LogP contribution < -0.4 is 10.5 Å². The zero-order valence-electron chi connectivity index (χ0n) is 9.82. The Hall–Kier alpha value is -1.58. The molecule has 4 nitrogen and oxygen atoms in total. The van der Waals surface area contributed by atoms with Crippen molar-refractivity contribution >= 4 is 15.7 Å². The molecule has 0 saturated carbocycles. The van der Waals surface area contributed by atoms with E-state index in [9.17, 15) is 12.8 Å². The maximum atomic E-state index is 13.5. The molecule has 0 amide bonds. The van der Waals surface area contributed by atoms with Gasteiger partial charge in [-0.25, -0.2) is 17.9 Å². The quantitative estimate of drug-likeness (QED) is 0.610. The molecule has 3 N–H and O–H groups in total. The highest BCUT2D eigenvalue weighted by atomic mass is 32.2. The number of anilines is 1. The summed E-state index contributed by atoms with van der Waals surface area (Å²) >= 11 is 0. The maximum Gasteiger partial charge on any atom is 0.238 e. The number of primary sulfonamides is 1. The van der Waals surface area contributed by atoms with Gasteiger partial charge in [-0.05, 0) is 31.0 Å². The van der Waals surface area contributed by atoms with E-state index in [1.54, 1.807) is 0 Å². The van der Waals surface area contributed by atoms with Crippen molar-refractivity contribution in [3.8, 4) is 12.3 Å². The smallest absolute Gasteiger partial charge is 0.238 e. The molecule has 18 heavy (non-hydrogen) atoms. The first kappa shape index (κ1) is 14.5. The lowest BCUT2D eigenvalue weighted by atomic mass is 10.2. The van der Waals surface area contributed by atoms with Crippen LogP contribution in [0.15, 0.2) is 23.1 Å². The van der Waals surface area contributed by atoms with E-state index in [0.29, 0.717) is 13.0 Å². The van der Waals surface area contributed by atoms with Gasteiger partial charge in [0.05, 0.1) is 10.6 Å². The van der Waals surface area contributed by atoms with E-state index in [2.05, 4.69) is 11.2 Å². The van der Waals surface area contributed by atoms with Crippen LogP contribution in [0.2, 0.25) is 0 Å². The van der Waals surface area contributed by atoms with Crippen LogP contribution in [0, 0.1) is 18.2 Å². The van der Waals surface area contributed by atoms with E-state index in [0.717, 1.165) is 18.9 Å². The number of nitrogens with one attached hydrogen (secondary N) is 1. The number of nitrogens with two attached hydrogens (primary N) is 1. The fourth-order valence-corrected chi connectivity index (χ4v) is 1.92. The molecule has 0 bridgehead atoms. The molecule has 6 heteroatoms. The Labute approximate surface area is 106 Å². The largest absolute Gasteiger partial charge is 0.383 e. The molecule has 0 heterocycles. The highest BCUT2D eigenvalue weighted by Crippen LogP contribution is 2.18. The van der Waals surface area contributed by atoms with E-state index < -0.39 is 15.8 Å². The van der Waals surface area contributed by atoms with Gasteiger partial charge in [-0.2, -0.15) is 0 Å². The van der Waals surface area contributed by atoms with Gasteiger partial charge in [0, 0.05) is 13.0 Å². The predicted octanol–water partition coefficient (Wildman–Crippen LogP) is 1.69. The number of unbranched alkanes of at least 4 members (excludes halogenated alkanes) is 2. The third kappa shape index (κ3) is 4.35. The van der Waals surface area contributed by atoms with Crippen LogP contribution in [0.1, 0.15) is 19.3 Å². The lowest BCUT2D eigenvalue weighted by Crippen LogP contribution is -2.13. The van der Waals surface area contributed by atoms with Crippen molar-refractivity contribution in [2.45, 2.75) is 24.2 Å². The summed E-state index contributed by atoms with van der Waals surface area (Å²) in [5, 5.41) is 7.77. The maximum absolute atomic E-state index is 13.5. The Kier molecular flexibility index (Phi) is 5.13. The average molecular weight is 270 g/mol. The van der Waals surface area contributed by atoms with E-state index in [1.807, 2.05) is 0 Å². The summed E-state index contributed by atoms with van der Waals surface area (Å²) < 4.78 is 35.5. The molecule has 0 aliphatic heterocycles. The summed E-state index contributed by atoms with van der Waals surface area (Å²) in [6.07, 6.45) is 7.47. The van der Waals surface area contributed by atoms with E-state index in [1.165, 1.54) is 12.1 Å². The number of rotatable bonds is 6. The predicted molar refractivity (Wildman–Crippen MR) is 68.9 cm³/mol. The highest BCUT2D eigenvalue weighted by Gasteiger charge is 2.11. The minimum Gasteiger partial charge on any atom is -0.383 e. The molecule has 0 aliphatic rings. The standard InChI is InChI=1S/C12H15FN2O2S/c1-2-3-4-5-8-15-12-7-6-10(9-11(12)13)18(14,16)17/h1,6-7,9,15H,3-5,8H2,(H2,14,16,17). The second-order valence-corrected chi connectivity index (χ2v) is 5.34. The first-order valence-electron chi connectivity index (χ1n) is 5.45. The van der Waals surface area contributed by atoms with Crippen molar-refractivity contribution in [3.63, 3.8) is 0 Å².